The number of rotatable bonds is 6. The lowest BCUT2D eigenvalue weighted by atomic mass is 10.2. The molecule has 0 fully saturated rings. The van der Waals surface area contributed by atoms with Gasteiger partial charge in [-0.15, -0.1) is 0 Å². The molecule has 17 heavy (non-hydrogen) atoms. The monoisotopic (exact) mass is 259 g/mol. The van der Waals surface area contributed by atoms with E-state index in [2.05, 4.69) is 24.1 Å². The average Bonchev–Trinajstić information content (AvgIpc) is 2.31. The van der Waals surface area contributed by atoms with Crippen LogP contribution in [0.2, 0.25) is 5.02 Å². The highest BCUT2D eigenvalue weighted by molar-refractivity contribution is 6.30. The molecule has 2 N–H and O–H groups in total. The third kappa shape index (κ3) is 4.02. The first-order valence-corrected chi connectivity index (χ1v) is 6.18. The Bertz CT molecular complexity index is 463. The standard InChI is InChI=1S/C11H18ClN3O2/c1-3-8(4-2)13-5-6-15-7-9(12)10(16)14-11(15)17/h7-8,13H,3-6H2,1-2H3,(H,14,16,17). The van der Waals surface area contributed by atoms with E-state index in [0.717, 1.165) is 12.8 Å². The number of H-pyrrole nitrogens is 1. The quantitative estimate of drug-likeness (QED) is 0.800. The maximum Gasteiger partial charge on any atom is 0.328 e. The van der Waals surface area contributed by atoms with E-state index in [1.165, 1.54) is 10.8 Å². The molecule has 0 spiro atoms. The summed E-state index contributed by atoms with van der Waals surface area (Å²) in [6, 6.07) is 0.462. The number of nitrogens with zero attached hydrogens (tertiary/aromatic N) is 1. The van der Waals surface area contributed by atoms with Crippen LogP contribution in [-0.4, -0.2) is 22.1 Å². The Kier molecular flexibility index (Phi) is 5.44. The molecule has 0 unspecified atom stereocenters. The fourth-order valence-electron chi connectivity index (χ4n) is 1.62. The molecular weight excluding hydrogens is 242 g/mol. The van der Waals surface area contributed by atoms with Gasteiger partial charge < -0.3 is 5.32 Å². The van der Waals surface area contributed by atoms with Gasteiger partial charge in [-0.05, 0) is 12.8 Å². The molecule has 1 heterocycles. The van der Waals surface area contributed by atoms with E-state index in [0.29, 0.717) is 19.1 Å². The van der Waals surface area contributed by atoms with Crippen molar-refractivity contribution in [2.24, 2.45) is 0 Å². The topological polar surface area (TPSA) is 66.9 Å². The van der Waals surface area contributed by atoms with Crippen molar-refractivity contribution >= 4 is 11.6 Å². The fourth-order valence-corrected chi connectivity index (χ4v) is 1.78. The first-order chi connectivity index (χ1) is 8.08. The van der Waals surface area contributed by atoms with E-state index in [4.69, 9.17) is 11.6 Å². The molecule has 1 rings (SSSR count). The molecule has 1 aromatic heterocycles. The highest BCUT2D eigenvalue weighted by atomic mass is 35.5. The molecule has 1 aromatic rings. The van der Waals surface area contributed by atoms with Crippen LogP contribution in [0.5, 0.6) is 0 Å². The summed E-state index contributed by atoms with van der Waals surface area (Å²) in [5.41, 5.74) is -0.966. The van der Waals surface area contributed by atoms with Crippen LogP contribution in [0.25, 0.3) is 0 Å². The van der Waals surface area contributed by atoms with Crippen LogP contribution in [-0.2, 0) is 6.54 Å². The zero-order chi connectivity index (χ0) is 12.8. The molecule has 6 heteroatoms. The Morgan fingerprint density at radius 1 is 1.41 bits per heavy atom. The van der Waals surface area contributed by atoms with E-state index in [1.54, 1.807) is 0 Å². The summed E-state index contributed by atoms with van der Waals surface area (Å²) >= 11 is 5.66. The normalized spacial score (nSPS) is 11.1. The largest absolute Gasteiger partial charge is 0.328 e. The third-order valence-electron chi connectivity index (χ3n) is 2.74. The molecule has 0 aromatic carbocycles. The lowest BCUT2D eigenvalue weighted by Gasteiger charge is -2.14. The molecule has 0 saturated carbocycles. The zero-order valence-electron chi connectivity index (χ0n) is 10.1. The van der Waals surface area contributed by atoms with Crippen LogP contribution in [0.1, 0.15) is 26.7 Å². The molecule has 0 aliphatic carbocycles. The molecule has 5 nitrogen and oxygen atoms in total. The summed E-state index contributed by atoms with van der Waals surface area (Å²) in [7, 11) is 0. The van der Waals surface area contributed by atoms with Crippen molar-refractivity contribution < 1.29 is 0 Å². The van der Waals surface area contributed by atoms with Gasteiger partial charge in [-0.2, -0.15) is 0 Å². The molecule has 0 saturated heterocycles. The van der Waals surface area contributed by atoms with Gasteiger partial charge in [-0.3, -0.25) is 14.3 Å². The summed E-state index contributed by atoms with van der Waals surface area (Å²) in [5.74, 6) is 0. The minimum absolute atomic E-state index is 0.0344. The molecule has 0 amide bonds. The van der Waals surface area contributed by atoms with Crippen molar-refractivity contribution in [2.45, 2.75) is 39.3 Å². The van der Waals surface area contributed by atoms with Crippen molar-refractivity contribution in [3.63, 3.8) is 0 Å². The van der Waals surface area contributed by atoms with E-state index >= 15 is 0 Å². The van der Waals surface area contributed by atoms with Gasteiger partial charge in [-0.1, -0.05) is 25.4 Å². The minimum Gasteiger partial charge on any atom is -0.312 e. The van der Waals surface area contributed by atoms with Crippen molar-refractivity contribution in [1.82, 2.24) is 14.9 Å². The van der Waals surface area contributed by atoms with Crippen LogP contribution in [0.4, 0.5) is 0 Å². The van der Waals surface area contributed by atoms with Crippen LogP contribution < -0.4 is 16.6 Å². The predicted molar refractivity (Wildman–Crippen MR) is 68.7 cm³/mol. The second-order valence-electron chi connectivity index (χ2n) is 3.90. The van der Waals surface area contributed by atoms with Gasteiger partial charge in [0.1, 0.15) is 5.02 Å². The maximum atomic E-state index is 11.4. The second kappa shape index (κ2) is 6.61. The minimum atomic E-state index is -0.541. The highest BCUT2D eigenvalue weighted by Gasteiger charge is 2.04. The third-order valence-corrected chi connectivity index (χ3v) is 3.01. The lowest BCUT2D eigenvalue weighted by Crippen LogP contribution is -2.35. The summed E-state index contributed by atoms with van der Waals surface area (Å²) in [4.78, 5) is 24.6. The summed E-state index contributed by atoms with van der Waals surface area (Å²) < 4.78 is 1.40. The van der Waals surface area contributed by atoms with Crippen LogP contribution in [0, 0.1) is 0 Å². The van der Waals surface area contributed by atoms with Gasteiger partial charge in [0.2, 0.25) is 0 Å². The summed E-state index contributed by atoms with van der Waals surface area (Å²) in [5, 5.41) is 3.37. The first-order valence-electron chi connectivity index (χ1n) is 5.81. The Balaban J connectivity index is 2.61. The molecule has 0 bridgehead atoms. The number of halogens is 1. The molecule has 96 valence electrons. The molecule has 0 aliphatic rings. The van der Waals surface area contributed by atoms with Crippen molar-refractivity contribution in [1.29, 1.82) is 0 Å². The number of aromatic amines is 1. The van der Waals surface area contributed by atoms with Gasteiger partial charge >= 0.3 is 5.69 Å². The SMILES string of the molecule is CCC(CC)NCCn1cc(Cl)c(=O)[nH]c1=O. The molecular formula is C11H18ClN3O2. The zero-order valence-corrected chi connectivity index (χ0v) is 10.9. The van der Waals surface area contributed by atoms with Gasteiger partial charge in [0.05, 0.1) is 0 Å². The highest BCUT2D eigenvalue weighted by Crippen LogP contribution is 1.97. The number of hydrogen-bond acceptors (Lipinski definition) is 3. The Morgan fingerprint density at radius 3 is 2.65 bits per heavy atom. The van der Waals surface area contributed by atoms with Gasteiger partial charge in [-0.25, -0.2) is 4.79 Å². The predicted octanol–water partition coefficient (Wildman–Crippen LogP) is 0.968. The number of nitrogens with one attached hydrogen (secondary N) is 2. The van der Waals surface area contributed by atoms with E-state index < -0.39 is 11.2 Å². The molecule has 0 aliphatic heterocycles. The van der Waals surface area contributed by atoms with Crippen molar-refractivity contribution in [3.05, 3.63) is 32.1 Å². The van der Waals surface area contributed by atoms with Gasteiger partial charge in [0.15, 0.2) is 0 Å². The van der Waals surface area contributed by atoms with E-state index in [9.17, 15) is 9.59 Å². The average molecular weight is 260 g/mol. The number of hydrogen-bond donors (Lipinski definition) is 2. The number of aromatic nitrogens is 2. The smallest absolute Gasteiger partial charge is 0.312 e. The van der Waals surface area contributed by atoms with Crippen molar-refractivity contribution in [3.8, 4) is 0 Å². The Morgan fingerprint density at radius 2 is 2.06 bits per heavy atom. The van der Waals surface area contributed by atoms with E-state index in [-0.39, 0.29) is 5.02 Å². The van der Waals surface area contributed by atoms with Crippen LogP contribution in [0.3, 0.4) is 0 Å². The van der Waals surface area contributed by atoms with Crippen LogP contribution >= 0.6 is 11.6 Å². The van der Waals surface area contributed by atoms with Gasteiger partial charge in [0.25, 0.3) is 5.56 Å². The van der Waals surface area contributed by atoms with Gasteiger partial charge in [0, 0.05) is 25.3 Å². The fraction of sp³-hybridized carbons (Fsp3) is 0.636. The molecule has 0 radical (unpaired) electrons. The first kappa shape index (κ1) is 14.0. The Labute approximate surface area is 105 Å². The Hall–Kier alpha value is -1.07. The maximum absolute atomic E-state index is 11.4. The second-order valence-corrected chi connectivity index (χ2v) is 4.30. The lowest BCUT2D eigenvalue weighted by molar-refractivity contribution is 0.460. The van der Waals surface area contributed by atoms with Crippen LogP contribution in [0.15, 0.2) is 15.8 Å². The molecule has 0 atom stereocenters. The van der Waals surface area contributed by atoms with Crippen molar-refractivity contribution in [2.75, 3.05) is 6.54 Å². The van der Waals surface area contributed by atoms with E-state index in [1.807, 2.05) is 0 Å². The summed E-state index contributed by atoms with van der Waals surface area (Å²) in [6.45, 7) is 5.40. The summed E-state index contributed by atoms with van der Waals surface area (Å²) in [6.07, 6.45) is 3.48.